The number of ketones is 1. The summed E-state index contributed by atoms with van der Waals surface area (Å²) in [5, 5.41) is 1.08. The van der Waals surface area contributed by atoms with Gasteiger partial charge >= 0.3 is 5.97 Å². The second kappa shape index (κ2) is 4.96. The number of hydrogen-bond acceptors (Lipinski definition) is 3. The molecule has 0 spiro atoms. The fraction of sp³-hybridized carbons (Fsp3) is 0.250. The van der Waals surface area contributed by atoms with Crippen LogP contribution in [0.3, 0.4) is 0 Å². The Hall–Kier alpha value is -2.36. The first-order chi connectivity index (χ1) is 9.70. The highest BCUT2D eigenvalue weighted by atomic mass is 16.5. The van der Waals surface area contributed by atoms with Gasteiger partial charge in [-0.05, 0) is 24.1 Å². The molecule has 1 aromatic carbocycles. The Morgan fingerprint density at radius 3 is 2.95 bits per heavy atom. The van der Waals surface area contributed by atoms with Gasteiger partial charge in [-0.25, -0.2) is 4.79 Å². The van der Waals surface area contributed by atoms with Crippen molar-refractivity contribution in [1.82, 2.24) is 4.98 Å². The van der Waals surface area contributed by atoms with Gasteiger partial charge in [0.1, 0.15) is 0 Å². The van der Waals surface area contributed by atoms with E-state index in [0.717, 1.165) is 16.5 Å². The smallest absolute Gasteiger partial charge is 0.334 e. The van der Waals surface area contributed by atoms with Crippen LogP contribution in [0.5, 0.6) is 0 Å². The lowest BCUT2D eigenvalue weighted by molar-refractivity contribution is -0.137. The topological polar surface area (TPSA) is 59.2 Å². The molecule has 1 aromatic heterocycles. The summed E-state index contributed by atoms with van der Waals surface area (Å²) >= 11 is 0. The standard InChI is InChI=1S/C16H15NO3/c1-20-16(19)13-8-10(18)6-7-11(13)14-9-17-15-5-3-2-4-12(14)15/h2-5,8-9,11,17H,6-7H2,1H3. The molecule has 4 heteroatoms. The maximum atomic E-state index is 11.9. The van der Waals surface area contributed by atoms with Crippen LogP contribution in [0.25, 0.3) is 10.9 Å². The van der Waals surface area contributed by atoms with E-state index in [1.165, 1.54) is 13.2 Å². The molecule has 0 bridgehead atoms. The zero-order valence-electron chi connectivity index (χ0n) is 11.2. The number of benzene rings is 1. The SMILES string of the molecule is COC(=O)C1=CC(=O)CCC1c1c[nH]c2ccccc12. The molecule has 1 atom stereocenters. The lowest BCUT2D eigenvalue weighted by Crippen LogP contribution is -2.19. The number of methoxy groups -OCH3 is 1. The van der Waals surface area contributed by atoms with Crippen molar-refractivity contribution in [3.8, 4) is 0 Å². The zero-order valence-corrected chi connectivity index (χ0v) is 11.2. The van der Waals surface area contributed by atoms with E-state index >= 15 is 0 Å². The molecule has 3 rings (SSSR count). The largest absolute Gasteiger partial charge is 0.466 e. The van der Waals surface area contributed by atoms with Crippen molar-refractivity contribution in [2.75, 3.05) is 7.11 Å². The Kier molecular flexibility index (Phi) is 3.14. The van der Waals surface area contributed by atoms with Gasteiger partial charge in [0.05, 0.1) is 7.11 Å². The van der Waals surface area contributed by atoms with Crippen LogP contribution < -0.4 is 0 Å². The molecule has 1 unspecified atom stereocenters. The van der Waals surface area contributed by atoms with Crippen molar-refractivity contribution < 1.29 is 14.3 Å². The van der Waals surface area contributed by atoms with E-state index in [-0.39, 0.29) is 11.7 Å². The molecule has 0 saturated heterocycles. The molecular weight excluding hydrogens is 254 g/mol. The number of aromatic nitrogens is 1. The summed E-state index contributed by atoms with van der Waals surface area (Å²) in [6, 6.07) is 7.94. The Bertz CT molecular complexity index is 711. The average molecular weight is 269 g/mol. The van der Waals surface area contributed by atoms with Crippen molar-refractivity contribution in [2.45, 2.75) is 18.8 Å². The predicted octanol–water partition coefficient (Wildman–Crippen LogP) is 2.71. The number of rotatable bonds is 2. The second-order valence-electron chi connectivity index (χ2n) is 4.94. The highest BCUT2D eigenvalue weighted by Crippen LogP contribution is 2.37. The third-order valence-corrected chi connectivity index (χ3v) is 3.79. The summed E-state index contributed by atoms with van der Waals surface area (Å²) in [7, 11) is 1.34. The number of allylic oxidation sites excluding steroid dienone is 1. The van der Waals surface area contributed by atoms with Crippen molar-refractivity contribution in [1.29, 1.82) is 0 Å². The maximum Gasteiger partial charge on any atom is 0.334 e. The number of esters is 1. The summed E-state index contributed by atoms with van der Waals surface area (Å²) in [5.41, 5.74) is 2.53. The minimum absolute atomic E-state index is 0.0125. The molecule has 4 nitrogen and oxygen atoms in total. The second-order valence-corrected chi connectivity index (χ2v) is 4.94. The van der Waals surface area contributed by atoms with Crippen molar-refractivity contribution >= 4 is 22.7 Å². The van der Waals surface area contributed by atoms with Crippen LogP contribution in [-0.4, -0.2) is 23.8 Å². The molecule has 1 aliphatic rings. The van der Waals surface area contributed by atoms with Crippen LogP contribution in [0.2, 0.25) is 0 Å². The van der Waals surface area contributed by atoms with Crippen LogP contribution in [-0.2, 0) is 14.3 Å². The normalized spacial score (nSPS) is 18.9. The van der Waals surface area contributed by atoms with Gasteiger partial charge in [0.25, 0.3) is 0 Å². The van der Waals surface area contributed by atoms with E-state index in [0.29, 0.717) is 18.4 Å². The van der Waals surface area contributed by atoms with E-state index in [4.69, 9.17) is 4.74 Å². The van der Waals surface area contributed by atoms with Crippen LogP contribution in [0, 0.1) is 0 Å². The van der Waals surface area contributed by atoms with E-state index < -0.39 is 5.97 Å². The number of carbonyl (C=O) groups is 2. The highest BCUT2D eigenvalue weighted by molar-refractivity contribution is 6.02. The predicted molar refractivity (Wildman–Crippen MR) is 75.4 cm³/mol. The number of fused-ring (bicyclic) bond motifs is 1. The highest BCUT2D eigenvalue weighted by Gasteiger charge is 2.30. The third-order valence-electron chi connectivity index (χ3n) is 3.79. The molecule has 1 aliphatic carbocycles. The molecular formula is C16H15NO3. The van der Waals surface area contributed by atoms with Gasteiger partial charge in [0.15, 0.2) is 5.78 Å². The Morgan fingerprint density at radius 2 is 2.15 bits per heavy atom. The first kappa shape index (κ1) is 12.7. The molecule has 0 aliphatic heterocycles. The van der Waals surface area contributed by atoms with Gasteiger partial charge in [-0.2, -0.15) is 0 Å². The number of ether oxygens (including phenoxy) is 1. The van der Waals surface area contributed by atoms with Gasteiger partial charge < -0.3 is 9.72 Å². The number of carbonyl (C=O) groups excluding carboxylic acids is 2. The van der Waals surface area contributed by atoms with Crippen LogP contribution in [0.1, 0.15) is 24.3 Å². The number of nitrogens with one attached hydrogen (secondary N) is 1. The van der Waals surface area contributed by atoms with E-state index in [2.05, 4.69) is 4.98 Å². The summed E-state index contributed by atoms with van der Waals surface area (Å²) in [4.78, 5) is 26.7. The van der Waals surface area contributed by atoms with Crippen LogP contribution >= 0.6 is 0 Å². The summed E-state index contributed by atoms with van der Waals surface area (Å²) in [6.07, 6.45) is 4.45. The summed E-state index contributed by atoms with van der Waals surface area (Å²) in [6.45, 7) is 0. The first-order valence-electron chi connectivity index (χ1n) is 6.59. The summed E-state index contributed by atoms with van der Waals surface area (Å²) < 4.78 is 4.81. The first-order valence-corrected chi connectivity index (χ1v) is 6.59. The maximum absolute atomic E-state index is 11.9. The lowest BCUT2D eigenvalue weighted by Gasteiger charge is -2.21. The van der Waals surface area contributed by atoms with Gasteiger partial charge in [-0.3, -0.25) is 4.79 Å². The molecule has 102 valence electrons. The van der Waals surface area contributed by atoms with E-state index in [1.54, 1.807) is 0 Å². The van der Waals surface area contributed by atoms with Crippen LogP contribution in [0.4, 0.5) is 0 Å². The minimum Gasteiger partial charge on any atom is -0.466 e. The van der Waals surface area contributed by atoms with Crippen molar-refractivity contribution in [3.63, 3.8) is 0 Å². The number of hydrogen-bond donors (Lipinski definition) is 1. The monoisotopic (exact) mass is 269 g/mol. The van der Waals surface area contributed by atoms with Gasteiger partial charge in [-0.1, -0.05) is 18.2 Å². The third kappa shape index (κ3) is 2.03. The summed E-state index contributed by atoms with van der Waals surface area (Å²) in [5.74, 6) is -0.522. The minimum atomic E-state index is -0.423. The Morgan fingerprint density at radius 1 is 1.35 bits per heavy atom. The zero-order chi connectivity index (χ0) is 14.1. The molecule has 0 radical (unpaired) electrons. The fourth-order valence-corrected chi connectivity index (χ4v) is 2.81. The number of para-hydroxylation sites is 1. The van der Waals surface area contributed by atoms with Gasteiger partial charge in [0.2, 0.25) is 0 Å². The Balaban J connectivity index is 2.10. The molecule has 20 heavy (non-hydrogen) atoms. The molecule has 2 aromatic rings. The lowest BCUT2D eigenvalue weighted by atomic mass is 9.82. The molecule has 0 fully saturated rings. The van der Waals surface area contributed by atoms with E-state index in [1.807, 2.05) is 30.5 Å². The molecule has 0 amide bonds. The average Bonchev–Trinajstić information content (AvgIpc) is 2.90. The number of aromatic amines is 1. The Labute approximate surface area is 116 Å². The van der Waals surface area contributed by atoms with Gasteiger partial charge in [0, 0.05) is 35.0 Å². The molecule has 1 heterocycles. The van der Waals surface area contributed by atoms with Crippen molar-refractivity contribution in [3.05, 3.63) is 47.7 Å². The quantitative estimate of drug-likeness (QED) is 0.853. The van der Waals surface area contributed by atoms with Crippen molar-refractivity contribution in [2.24, 2.45) is 0 Å². The molecule has 0 saturated carbocycles. The fourth-order valence-electron chi connectivity index (χ4n) is 2.81. The van der Waals surface area contributed by atoms with Crippen LogP contribution in [0.15, 0.2) is 42.1 Å². The molecule has 1 N–H and O–H groups in total. The van der Waals surface area contributed by atoms with E-state index in [9.17, 15) is 9.59 Å². The van der Waals surface area contributed by atoms with Gasteiger partial charge in [-0.15, -0.1) is 0 Å². The number of H-pyrrole nitrogens is 1.